The predicted molar refractivity (Wildman–Crippen MR) is 69.7 cm³/mol. The van der Waals surface area contributed by atoms with Crippen molar-refractivity contribution < 1.29 is 0 Å². The minimum Gasteiger partial charge on any atom is -0.301 e. The van der Waals surface area contributed by atoms with E-state index in [2.05, 4.69) is 51.3 Å². The van der Waals surface area contributed by atoms with Crippen LogP contribution in [-0.2, 0) is 0 Å². The Balaban J connectivity index is 1.75. The van der Waals surface area contributed by atoms with Gasteiger partial charge in [0.1, 0.15) is 0 Å². The van der Waals surface area contributed by atoms with E-state index >= 15 is 0 Å². The maximum Gasteiger partial charge on any atom is 0.0212 e. The normalized spacial score (nSPS) is 26.6. The number of hydrogen-bond donors (Lipinski definition) is 0. The fraction of sp³-hybridized carbons (Fsp3) is 1.00. The van der Waals surface area contributed by atoms with Crippen LogP contribution in [0, 0.1) is 10.8 Å². The van der Waals surface area contributed by atoms with Crippen molar-refractivity contribution in [3.05, 3.63) is 0 Å². The molecule has 0 aliphatic carbocycles. The summed E-state index contributed by atoms with van der Waals surface area (Å²) in [5, 5.41) is 0. The Bertz CT molecular complexity index is 255. The van der Waals surface area contributed by atoms with E-state index in [1.165, 1.54) is 32.7 Å². The maximum atomic E-state index is 2.62. The van der Waals surface area contributed by atoms with Crippen molar-refractivity contribution in [2.45, 2.75) is 47.1 Å². The van der Waals surface area contributed by atoms with Crippen LogP contribution in [0.25, 0.3) is 0 Å². The summed E-state index contributed by atoms with van der Waals surface area (Å²) >= 11 is 0. The summed E-state index contributed by atoms with van der Waals surface area (Å²) in [5.74, 6) is 0. The first-order valence-electron chi connectivity index (χ1n) is 6.57. The number of likely N-dealkylation sites (tertiary alicyclic amines) is 2. The lowest BCUT2D eigenvalue weighted by Gasteiger charge is -2.64. The molecule has 0 aromatic carbocycles. The van der Waals surface area contributed by atoms with Crippen LogP contribution in [0.2, 0.25) is 0 Å². The Morgan fingerprint density at radius 2 is 1.38 bits per heavy atom. The molecule has 2 fully saturated rings. The van der Waals surface area contributed by atoms with Crippen LogP contribution in [0.5, 0.6) is 0 Å². The second kappa shape index (κ2) is 3.46. The molecule has 0 aromatic heterocycles. The molecule has 0 N–H and O–H groups in total. The van der Waals surface area contributed by atoms with Crippen molar-refractivity contribution in [1.29, 1.82) is 0 Å². The van der Waals surface area contributed by atoms with Gasteiger partial charge in [-0.1, -0.05) is 20.8 Å². The largest absolute Gasteiger partial charge is 0.301 e. The van der Waals surface area contributed by atoms with Gasteiger partial charge in [0.15, 0.2) is 0 Å². The van der Waals surface area contributed by atoms with Gasteiger partial charge in [-0.2, -0.15) is 0 Å². The van der Waals surface area contributed by atoms with Crippen molar-refractivity contribution in [3.8, 4) is 0 Å². The van der Waals surface area contributed by atoms with E-state index in [1.54, 1.807) is 0 Å². The Hall–Kier alpha value is -0.0800. The van der Waals surface area contributed by atoms with Crippen LogP contribution in [0.4, 0.5) is 0 Å². The molecule has 16 heavy (non-hydrogen) atoms. The van der Waals surface area contributed by atoms with Gasteiger partial charge in [-0.05, 0) is 26.2 Å². The summed E-state index contributed by atoms with van der Waals surface area (Å²) in [5.41, 5.74) is 1.49. The number of nitrogens with zero attached hydrogens (tertiary/aromatic N) is 2. The Morgan fingerprint density at radius 1 is 0.875 bits per heavy atom. The van der Waals surface area contributed by atoms with Crippen LogP contribution in [0.15, 0.2) is 0 Å². The molecule has 0 atom stereocenters. The first-order valence-corrected chi connectivity index (χ1v) is 6.57. The Morgan fingerprint density at radius 3 is 1.75 bits per heavy atom. The zero-order valence-electron chi connectivity index (χ0n) is 11.9. The molecule has 2 aliphatic heterocycles. The summed E-state index contributed by atoms with van der Waals surface area (Å²) in [4.78, 5) is 5.24. The van der Waals surface area contributed by atoms with Gasteiger partial charge in [0, 0.05) is 43.7 Å². The fourth-order valence-electron chi connectivity index (χ4n) is 3.12. The highest BCUT2D eigenvalue weighted by Gasteiger charge is 2.53. The molecule has 2 heterocycles. The smallest absolute Gasteiger partial charge is 0.0212 e. The monoisotopic (exact) mass is 224 g/mol. The minimum absolute atomic E-state index is 0.371. The van der Waals surface area contributed by atoms with Gasteiger partial charge in [0.05, 0.1) is 0 Å². The van der Waals surface area contributed by atoms with Crippen molar-refractivity contribution in [2.24, 2.45) is 10.8 Å². The van der Waals surface area contributed by atoms with Gasteiger partial charge < -0.3 is 4.90 Å². The minimum atomic E-state index is 0.371. The summed E-state index contributed by atoms with van der Waals surface area (Å²) in [7, 11) is 0. The zero-order chi connectivity index (χ0) is 12.2. The number of hydrogen-bond acceptors (Lipinski definition) is 2. The molecule has 2 rings (SSSR count). The van der Waals surface area contributed by atoms with Gasteiger partial charge >= 0.3 is 0 Å². The van der Waals surface area contributed by atoms with E-state index in [0.717, 1.165) is 0 Å². The summed E-state index contributed by atoms with van der Waals surface area (Å²) in [6.45, 7) is 20.5. The second-order valence-corrected chi connectivity index (χ2v) is 8.23. The van der Waals surface area contributed by atoms with Crippen LogP contribution < -0.4 is 0 Å². The van der Waals surface area contributed by atoms with Gasteiger partial charge in [-0.25, -0.2) is 0 Å². The summed E-state index contributed by atoms with van der Waals surface area (Å²) < 4.78 is 0. The third-order valence-electron chi connectivity index (χ3n) is 3.82. The SMILES string of the molecule is CC(C)(C)CN1CC2(C1)CN(C(C)(C)C)C2. The van der Waals surface area contributed by atoms with E-state index in [4.69, 9.17) is 0 Å². The molecule has 94 valence electrons. The van der Waals surface area contributed by atoms with Crippen molar-refractivity contribution in [1.82, 2.24) is 9.80 Å². The molecule has 0 radical (unpaired) electrons. The molecule has 0 aromatic rings. The lowest BCUT2D eigenvalue weighted by molar-refractivity contribution is -0.150. The number of rotatable bonds is 1. The third kappa shape index (κ3) is 2.43. The van der Waals surface area contributed by atoms with Gasteiger partial charge in [0.2, 0.25) is 0 Å². The standard InChI is InChI=1S/C14H28N2/c1-12(2,3)7-15-8-14(9-15)10-16(11-14)13(4,5)6/h7-11H2,1-6H3. The molecule has 2 heteroatoms. The average molecular weight is 224 g/mol. The van der Waals surface area contributed by atoms with E-state index in [0.29, 0.717) is 16.4 Å². The Kier molecular flexibility index (Phi) is 2.67. The topological polar surface area (TPSA) is 6.48 Å². The molecule has 0 saturated carbocycles. The van der Waals surface area contributed by atoms with Gasteiger partial charge in [-0.3, -0.25) is 4.90 Å². The highest BCUT2D eigenvalue weighted by Crippen LogP contribution is 2.43. The zero-order valence-corrected chi connectivity index (χ0v) is 11.9. The van der Waals surface area contributed by atoms with Crippen molar-refractivity contribution in [3.63, 3.8) is 0 Å². The van der Waals surface area contributed by atoms with Crippen LogP contribution in [0.3, 0.4) is 0 Å². The van der Waals surface area contributed by atoms with E-state index in [1.807, 2.05) is 0 Å². The third-order valence-corrected chi connectivity index (χ3v) is 3.82. The molecule has 0 unspecified atom stereocenters. The van der Waals surface area contributed by atoms with E-state index in [-0.39, 0.29) is 0 Å². The lowest BCUT2D eigenvalue weighted by atomic mass is 9.70. The molecule has 2 nitrogen and oxygen atoms in total. The summed E-state index contributed by atoms with van der Waals surface area (Å²) in [6, 6.07) is 0. The predicted octanol–water partition coefficient (Wildman–Crippen LogP) is 2.45. The molecule has 0 bridgehead atoms. The van der Waals surface area contributed by atoms with Gasteiger partial charge in [-0.15, -0.1) is 0 Å². The highest BCUT2D eigenvalue weighted by molar-refractivity contribution is 5.08. The maximum absolute atomic E-state index is 2.62. The summed E-state index contributed by atoms with van der Waals surface area (Å²) in [6.07, 6.45) is 0. The average Bonchev–Trinajstić information content (AvgIpc) is 1.85. The highest BCUT2D eigenvalue weighted by atomic mass is 15.3. The molecule has 2 aliphatic rings. The van der Waals surface area contributed by atoms with Crippen molar-refractivity contribution in [2.75, 3.05) is 32.7 Å². The molecular formula is C14H28N2. The Labute approximate surface area is 101 Å². The van der Waals surface area contributed by atoms with Crippen molar-refractivity contribution >= 4 is 0 Å². The quantitative estimate of drug-likeness (QED) is 0.675. The lowest BCUT2D eigenvalue weighted by Crippen LogP contribution is -2.75. The molecule has 2 saturated heterocycles. The second-order valence-electron chi connectivity index (χ2n) is 8.23. The molecule has 1 spiro atoms. The molecule has 0 amide bonds. The van der Waals surface area contributed by atoms with Gasteiger partial charge in [0.25, 0.3) is 0 Å². The van der Waals surface area contributed by atoms with E-state index < -0.39 is 0 Å². The van der Waals surface area contributed by atoms with E-state index in [9.17, 15) is 0 Å². The van der Waals surface area contributed by atoms with Crippen LogP contribution >= 0.6 is 0 Å². The van der Waals surface area contributed by atoms with Crippen LogP contribution in [-0.4, -0.2) is 48.1 Å². The first kappa shape index (κ1) is 12.4. The van der Waals surface area contributed by atoms with Crippen LogP contribution in [0.1, 0.15) is 41.5 Å². The first-order chi connectivity index (χ1) is 7.10. The molecular weight excluding hydrogens is 196 g/mol. The fourth-order valence-corrected chi connectivity index (χ4v) is 3.12.